The van der Waals surface area contributed by atoms with Gasteiger partial charge in [0.25, 0.3) is 0 Å². The van der Waals surface area contributed by atoms with E-state index in [9.17, 15) is 0 Å². The summed E-state index contributed by atoms with van der Waals surface area (Å²) in [6.45, 7) is 3.97. The predicted octanol–water partition coefficient (Wildman–Crippen LogP) is 2.00. The molecule has 3 N–H and O–H groups in total. The molecular formula is C12H18N6. The minimum absolute atomic E-state index is 0.648. The number of hydrogen-bond donors (Lipinski definition) is 3. The van der Waals surface area contributed by atoms with Crippen molar-refractivity contribution >= 4 is 22.9 Å². The molecular weight excluding hydrogens is 228 g/mol. The van der Waals surface area contributed by atoms with Gasteiger partial charge in [0.2, 0.25) is 5.95 Å². The van der Waals surface area contributed by atoms with Gasteiger partial charge in [0.1, 0.15) is 5.52 Å². The van der Waals surface area contributed by atoms with Crippen molar-refractivity contribution in [2.24, 2.45) is 5.92 Å². The highest BCUT2D eigenvalue weighted by molar-refractivity contribution is 5.83. The maximum absolute atomic E-state index is 4.51. The molecule has 0 amide bonds. The Bertz CT molecular complexity index is 530. The van der Waals surface area contributed by atoms with Gasteiger partial charge in [-0.15, -0.1) is 0 Å². The summed E-state index contributed by atoms with van der Waals surface area (Å²) in [5.74, 6) is 2.31. The summed E-state index contributed by atoms with van der Waals surface area (Å²) >= 11 is 0. The predicted molar refractivity (Wildman–Crippen MR) is 71.7 cm³/mol. The molecule has 1 saturated carbocycles. The van der Waals surface area contributed by atoms with Gasteiger partial charge >= 0.3 is 0 Å². The zero-order valence-electron chi connectivity index (χ0n) is 10.5. The first kappa shape index (κ1) is 11.3. The number of rotatable bonds is 6. The van der Waals surface area contributed by atoms with Crippen LogP contribution in [0.4, 0.5) is 11.8 Å². The van der Waals surface area contributed by atoms with E-state index in [1.807, 2.05) is 0 Å². The maximum atomic E-state index is 4.51. The number of aromatic amines is 1. The minimum atomic E-state index is 0.648. The number of nitrogens with one attached hydrogen (secondary N) is 3. The second kappa shape index (κ2) is 4.80. The van der Waals surface area contributed by atoms with Crippen LogP contribution in [0.15, 0.2) is 6.33 Å². The maximum Gasteiger partial charge on any atom is 0.226 e. The first-order valence-corrected chi connectivity index (χ1v) is 6.55. The standard InChI is InChI=1S/C12H18N6/c1-2-5-13-12-17-10(14-6-8-3-4-8)9-11(18-12)16-7-15-9/h7-8H,2-6H2,1H3,(H3,13,14,15,16,17,18). The van der Waals surface area contributed by atoms with Gasteiger partial charge in [-0.25, -0.2) is 4.98 Å². The largest absolute Gasteiger partial charge is 0.368 e. The zero-order valence-corrected chi connectivity index (χ0v) is 10.5. The number of anilines is 2. The fraction of sp³-hybridized carbons (Fsp3) is 0.583. The summed E-state index contributed by atoms with van der Waals surface area (Å²) in [7, 11) is 0. The zero-order chi connectivity index (χ0) is 12.4. The van der Waals surface area contributed by atoms with E-state index in [1.165, 1.54) is 12.8 Å². The lowest BCUT2D eigenvalue weighted by Gasteiger charge is -2.08. The van der Waals surface area contributed by atoms with E-state index in [2.05, 4.69) is 37.5 Å². The smallest absolute Gasteiger partial charge is 0.226 e. The van der Waals surface area contributed by atoms with Gasteiger partial charge in [0, 0.05) is 13.1 Å². The van der Waals surface area contributed by atoms with Crippen LogP contribution in [0.1, 0.15) is 26.2 Å². The van der Waals surface area contributed by atoms with Crippen LogP contribution in [0, 0.1) is 5.92 Å². The number of hydrogen-bond acceptors (Lipinski definition) is 5. The second-order valence-corrected chi connectivity index (χ2v) is 4.75. The Hall–Kier alpha value is -1.85. The third-order valence-electron chi connectivity index (χ3n) is 3.07. The number of H-pyrrole nitrogens is 1. The van der Waals surface area contributed by atoms with Crippen molar-refractivity contribution in [3.05, 3.63) is 6.33 Å². The van der Waals surface area contributed by atoms with Gasteiger partial charge in [-0.2, -0.15) is 9.97 Å². The fourth-order valence-corrected chi connectivity index (χ4v) is 1.84. The van der Waals surface area contributed by atoms with Crippen molar-refractivity contribution in [2.75, 3.05) is 23.7 Å². The molecule has 3 rings (SSSR count). The summed E-state index contributed by atoms with van der Waals surface area (Å²) in [6.07, 6.45) is 5.36. The van der Waals surface area contributed by atoms with Gasteiger partial charge in [-0.1, -0.05) is 6.92 Å². The Balaban J connectivity index is 1.84. The molecule has 0 unspecified atom stereocenters. The van der Waals surface area contributed by atoms with E-state index in [1.54, 1.807) is 6.33 Å². The Morgan fingerprint density at radius 2 is 2.22 bits per heavy atom. The summed E-state index contributed by atoms with van der Waals surface area (Å²) in [5.41, 5.74) is 1.60. The lowest BCUT2D eigenvalue weighted by atomic mass is 10.4. The van der Waals surface area contributed by atoms with Gasteiger partial charge in [0.05, 0.1) is 6.33 Å². The molecule has 0 aliphatic heterocycles. The van der Waals surface area contributed by atoms with E-state index in [-0.39, 0.29) is 0 Å². The molecule has 96 valence electrons. The van der Waals surface area contributed by atoms with Gasteiger partial charge in [0.15, 0.2) is 11.5 Å². The van der Waals surface area contributed by atoms with Crippen molar-refractivity contribution in [1.82, 2.24) is 19.9 Å². The number of fused-ring (bicyclic) bond motifs is 1. The molecule has 2 aromatic rings. The summed E-state index contributed by atoms with van der Waals surface area (Å²) < 4.78 is 0. The topological polar surface area (TPSA) is 78.5 Å². The fourth-order valence-electron chi connectivity index (χ4n) is 1.84. The average Bonchev–Trinajstić information content (AvgIpc) is 3.09. The molecule has 1 fully saturated rings. The van der Waals surface area contributed by atoms with Crippen LogP contribution in [0.5, 0.6) is 0 Å². The first-order valence-electron chi connectivity index (χ1n) is 6.55. The van der Waals surface area contributed by atoms with E-state index < -0.39 is 0 Å². The molecule has 0 atom stereocenters. The van der Waals surface area contributed by atoms with Crippen LogP contribution in [-0.2, 0) is 0 Å². The minimum Gasteiger partial charge on any atom is -0.368 e. The summed E-state index contributed by atoms with van der Waals surface area (Å²) in [5, 5.41) is 6.59. The molecule has 1 aliphatic rings. The van der Waals surface area contributed by atoms with Gasteiger partial charge in [-0.05, 0) is 25.2 Å². The van der Waals surface area contributed by atoms with Crippen molar-refractivity contribution in [3.8, 4) is 0 Å². The van der Waals surface area contributed by atoms with Crippen LogP contribution in [-0.4, -0.2) is 33.0 Å². The van der Waals surface area contributed by atoms with Gasteiger partial charge < -0.3 is 15.6 Å². The molecule has 6 heteroatoms. The number of aromatic nitrogens is 4. The molecule has 0 bridgehead atoms. The van der Waals surface area contributed by atoms with E-state index in [4.69, 9.17) is 0 Å². The SMILES string of the molecule is CCCNc1nc(NCC2CC2)c2[nH]cnc2n1. The van der Waals surface area contributed by atoms with E-state index in [0.717, 1.165) is 36.8 Å². The normalized spacial score (nSPS) is 14.9. The Labute approximate surface area is 106 Å². The molecule has 0 spiro atoms. The van der Waals surface area contributed by atoms with E-state index >= 15 is 0 Å². The monoisotopic (exact) mass is 246 g/mol. The number of nitrogens with zero attached hydrogens (tertiary/aromatic N) is 3. The van der Waals surface area contributed by atoms with Crippen LogP contribution in [0.2, 0.25) is 0 Å². The van der Waals surface area contributed by atoms with Crippen LogP contribution in [0.25, 0.3) is 11.2 Å². The highest BCUT2D eigenvalue weighted by Gasteiger charge is 2.21. The van der Waals surface area contributed by atoms with Crippen molar-refractivity contribution < 1.29 is 0 Å². The Kier molecular flexibility index (Phi) is 3.00. The summed E-state index contributed by atoms with van der Waals surface area (Å²) in [6, 6.07) is 0. The molecule has 0 aromatic carbocycles. The number of imidazole rings is 1. The molecule has 6 nitrogen and oxygen atoms in total. The second-order valence-electron chi connectivity index (χ2n) is 4.75. The van der Waals surface area contributed by atoms with Crippen molar-refractivity contribution in [3.63, 3.8) is 0 Å². The quantitative estimate of drug-likeness (QED) is 0.726. The van der Waals surface area contributed by atoms with E-state index in [0.29, 0.717) is 11.6 Å². The van der Waals surface area contributed by atoms with Crippen molar-refractivity contribution in [1.29, 1.82) is 0 Å². The molecule has 18 heavy (non-hydrogen) atoms. The summed E-state index contributed by atoms with van der Waals surface area (Å²) in [4.78, 5) is 16.2. The first-order chi connectivity index (χ1) is 8.86. The molecule has 1 aliphatic carbocycles. The highest BCUT2D eigenvalue weighted by Crippen LogP contribution is 2.29. The third kappa shape index (κ3) is 2.37. The average molecular weight is 246 g/mol. The van der Waals surface area contributed by atoms with Crippen LogP contribution >= 0.6 is 0 Å². The lowest BCUT2D eigenvalue weighted by Crippen LogP contribution is -2.10. The molecule has 0 saturated heterocycles. The van der Waals surface area contributed by atoms with Crippen LogP contribution < -0.4 is 10.6 Å². The van der Waals surface area contributed by atoms with Crippen LogP contribution in [0.3, 0.4) is 0 Å². The van der Waals surface area contributed by atoms with Gasteiger partial charge in [-0.3, -0.25) is 0 Å². The Morgan fingerprint density at radius 1 is 1.33 bits per heavy atom. The Morgan fingerprint density at radius 3 is 3.00 bits per heavy atom. The molecule has 2 heterocycles. The van der Waals surface area contributed by atoms with Crippen molar-refractivity contribution in [2.45, 2.75) is 26.2 Å². The molecule has 0 radical (unpaired) electrons. The third-order valence-corrected chi connectivity index (χ3v) is 3.07. The molecule has 2 aromatic heterocycles. The lowest BCUT2D eigenvalue weighted by molar-refractivity contribution is 0.882. The highest BCUT2D eigenvalue weighted by atomic mass is 15.2.